The summed E-state index contributed by atoms with van der Waals surface area (Å²) in [6.07, 6.45) is 1.82. The van der Waals surface area contributed by atoms with Gasteiger partial charge in [0.2, 0.25) is 12.7 Å². The molecule has 3 heterocycles. The second-order valence-corrected chi connectivity index (χ2v) is 7.22. The summed E-state index contributed by atoms with van der Waals surface area (Å²) in [6, 6.07) is 16.3. The minimum absolute atomic E-state index is 0.324. The number of rotatable bonds is 5. The van der Waals surface area contributed by atoms with Crippen LogP contribution in [0, 0.1) is 0 Å². The van der Waals surface area contributed by atoms with E-state index < -0.39 is 0 Å². The van der Waals surface area contributed by atoms with Gasteiger partial charge < -0.3 is 13.9 Å². The predicted molar refractivity (Wildman–Crippen MR) is 105 cm³/mol. The molecule has 0 amide bonds. The number of hydrogen-bond donors (Lipinski definition) is 0. The standard InChI is InChI=1S/C22H23N3O3/c1-2-4-18(5-3-1)21-13-23-22(28-21)15-25-10-8-24(9-11-25)14-17-6-7-19-20(12-17)27-16-26-19/h1-7,12-13H,8-11,14-16H2. The van der Waals surface area contributed by atoms with Gasteiger partial charge in [-0.25, -0.2) is 4.98 Å². The number of benzene rings is 2. The van der Waals surface area contributed by atoms with Crippen LogP contribution in [0.1, 0.15) is 11.5 Å². The van der Waals surface area contributed by atoms with Gasteiger partial charge in [-0.05, 0) is 17.7 Å². The third kappa shape index (κ3) is 3.74. The van der Waals surface area contributed by atoms with Gasteiger partial charge in [0.25, 0.3) is 0 Å². The Morgan fingerprint density at radius 3 is 2.39 bits per heavy atom. The molecule has 0 atom stereocenters. The molecule has 6 heteroatoms. The Labute approximate surface area is 164 Å². The lowest BCUT2D eigenvalue weighted by molar-refractivity contribution is 0.114. The van der Waals surface area contributed by atoms with E-state index in [9.17, 15) is 0 Å². The smallest absolute Gasteiger partial charge is 0.231 e. The van der Waals surface area contributed by atoms with Gasteiger partial charge in [-0.2, -0.15) is 0 Å². The van der Waals surface area contributed by atoms with Gasteiger partial charge in [0.05, 0.1) is 12.7 Å². The average Bonchev–Trinajstić information content (AvgIpc) is 3.39. The van der Waals surface area contributed by atoms with Crippen molar-refractivity contribution >= 4 is 0 Å². The van der Waals surface area contributed by atoms with E-state index in [0.29, 0.717) is 6.79 Å². The maximum atomic E-state index is 5.95. The van der Waals surface area contributed by atoms with E-state index in [2.05, 4.69) is 26.9 Å². The number of piperazine rings is 1. The van der Waals surface area contributed by atoms with E-state index in [1.54, 1.807) is 0 Å². The van der Waals surface area contributed by atoms with Crippen LogP contribution in [0.15, 0.2) is 59.1 Å². The van der Waals surface area contributed by atoms with Crippen molar-refractivity contribution in [2.75, 3.05) is 33.0 Å². The Morgan fingerprint density at radius 2 is 1.57 bits per heavy atom. The van der Waals surface area contributed by atoms with E-state index in [4.69, 9.17) is 13.9 Å². The molecule has 0 saturated carbocycles. The van der Waals surface area contributed by atoms with E-state index in [1.165, 1.54) is 5.56 Å². The van der Waals surface area contributed by atoms with Crippen LogP contribution in [0.25, 0.3) is 11.3 Å². The maximum absolute atomic E-state index is 5.95. The fraction of sp³-hybridized carbons (Fsp3) is 0.318. The highest BCUT2D eigenvalue weighted by Crippen LogP contribution is 2.32. The number of nitrogens with zero attached hydrogens (tertiary/aromatic N) is 3. The number of aromatic nitrogens is 1. The van der Waals surface area contributed by atoms with Crippen molar-refractivity contribution in [2.24, 2.45) is 0 Å². The number of oxazole rings is 1. The van der Waals surface area contributed by atoms with E-state index >= 15 is 0 Å². The predicted octanol–water partition coefficient (Wildman–Crippen LogP) is 3.39. The molecule has 2 aromatic carbocycles. The second kappa shape index (κ2) is 7.66. The van der Waals surface area contributed by atoms with Crippen LogP contribution in [-0.2, 0) is 13.1 Å². The minimum atomic E-state index is 0.324. The summed E-state index contributed by atoms with van der Waals surface area (Å²) >= 11 is 0. The normalized spacial score (nSPS) is 17.1. The maximum Gasteiger partial charge on any atom is 0.231 e. The zero-order valence-corrected chi connectivity index (χ0v) is 15.7. The van der Waals surface area contributed by atoms with Gasteiger partial charge >= 0.3 is 0 Å². The fourth-order valence-electron chi connectivity index (χ4n) is 3.71. The van der Waals surface area contributed by atoms with Crippen LogP contribution in [0.2, 0.25) is 0 Å². The van der Waals surface area contributed by atoms with Gasteiger partial charge in [0, 0.05) is 38.3 Å². The Balaban J connectivity index is 1.14. The Morgan fingerprint density at radius 1 is 0.821 bits per heavy atom. The molecule has 144 valence electrons. The van der Waals surface area contributed by atoms with Crippen LogP contribution in [0.3, 0.4) is 0 Å². The summed E-state index contributed by atoms with van der Waals surface area (Å²) in [5, 5.41) is 0. The molecule has 0 N–H and O–H groups in total. The van der Waals surface area contributed by atoms with Crippen LogP contribution in [0.4, 0.5) is 0 Å². The topological polar surface area (TPSA) is 51.0 Å². The zero-order chi connectivity index (χ0) is 18.8. The third-order valence-electron chi connectivity index (χ3n) is 5.28. The van der Waals surface area contributed by atoms with Gasteiger partial charge in [-0.3, -0.25) is 9.80 Å². The lowest BCUT2D eigenvalue weighted by Gasteiger charge is -2.34. The van der Waals surface area contributed by atoms with Gasteiger partial charge in [0.1, 0.15) is 0 Å². The van der Waals surface area contributed by atoms with Crippen molar-refractivity contribution in [1.29, 1.82) is 0 Å². The molecule has 0 bridgehead atoms. The number of fused-ring (bicyclic) bond motifs is 1. The summed E-state index contributed by atoms with van der Waals surface area (Å²) < 4.78 is 16.8. The highest BCUT2D eigenvalue weighted by atomic mass is 16.7. The number of hydrogen-bond acceptors (Lipinski definition) is 6. The SMILES string of the molecule is c1ccc(-c2cnc(CN3CCN(Cc4ccc5c(c4)OCO5)CC3)o2)cc1. The first-order chi connectivity index (χ1) is 13.8. The van der Waals surface area contributed by atoms with Crippen molar-refractivity contribution in [3.05, 3.63) is 66.2 Å². The first-order valence-electron chi connectivity index (χ1n) is 9.67. The van der Waals surface area contributed by atoms with Crippen LogP contribution in [-0.4, -0.2) is 47.8 Å². The largest absolute Gasteiger partial charge is 0.454 e. The van der Waals surface area contributed by atoms with Crippen molar-refractivity contribution < 1.29 is 13.9 Å². The highest BCUT2D eigenvalue weighted by molar-refractivity contribution is 5.55. The third-order valence-corrected chi connectivity index (χ3v) is 5.28. The molecule has 6 nitrogen and oxygen atoms in total. The van der Waals surface area contributed by atoms with E-state index in [-0.39, 0.29) is 0 Å². The molecule has 0 spiro atoms. The summed E-state index contributed by atoms with van der Waals surface area (Å²) in [5.41, 5.74) is 2.33. The minimum Gasteiger partial charge on any atom is -0.454 e. The van der Waals surface area contributed by atoms with Crippen LogP contribution in [0.5, 0.6) is 11.5 Å². The van der Waals surface area contributed by atoms with Gasteiger partial charge in [0.15, 0.2) is 17.3 Å². The highest BCUT2D eigenvalue weighted by Gasteiger charge is 2.20. The molecule has 28 heavy (non-hydrogen) atoms. The van der Waals surface area contributed by atoms with Gasteiger partial charge in [-0.1, -0.05) is 36.4 Å². The van der Waals surface area contributed by atoms with Crippen LogP contribution >= 0.6 is 0 Å². The second-order valence-electron chi connectivity index (χ2n) is 7.22. The molecular formula is C22H23N3O3. The zero-order valence-electron chi connectivity index (χ0n) is 15.7. The lowest BCUT2D eigenvalue weighted by Crippen LogP contribution is -2.45. The molecule has 5 rings (SSSR count). The van der Waals surface area contributed by atoms with Crippen molar-refractivity contribution in [1.82, 2.24) is 14.8 Å². The Kier molecular flexibility index (Phi) is 4.72. The first kappa shape index (κ1) is 17.3. The molecule has 2 aliphatic heterocycles. The number of ether oxygens (including phenoxy) is 2. The molecule has 0 unspecified atom stereocenters. The summed E-state index contributed by atoms with van der Waals surface area (Å²) in [7, 11) is 0. The molecule has 3 aromatic rings. The quantitative estimate of drug-likeness (QED) is 0.679. The van der Waals surface area contributed by atoms with Crippen molar-refractivity contribution in [3.8, 4) is 22.8 Å². The fourth-order valence-corrected chi connectivity index (χ4v) is 3.71. The molecule has 1 aromatic heterocycles. The molecule has 1 fully saturated rings. The molecule has 2 aliphatic rings. The monoisotopic (exact) mass is 377 g/mol. The van der Waals surface area contributed by atoms with Crippen molar-refractivity contribution in [2.45, 2.75) is 13.1 Å². The lowest BCUT2D eigenvalue weighted by atomic mass is 10.1. The average molecular weight is 377 g/mol. The first-order valence-corrected chi connectivity index (χ1v) is 9.67. The molecule has 1 saturated heterocycles. The molecule has 0 radical (unpaired) electrons. The van der Waals surface area contributed by atoms with Crippen LogP contribution < -0.4 is 9.47 Å². The van der Waals surface area contributed by atoms with E-state index in [0.717, 1.165) is 68.0 Å². The Bertz CT molecular complexity index is 933. The van der Waals surface area contributed by atoms with Crippen molar-refractivity contribution in [3.63, 3.8) is 0 Å². The summed E-state index contributed by atoms with van der Waals surface area (Å²) in [5.74, 6) is 3.31. The Hall–Kier alpha value is -2.83. The molecular weight excluding hydrogens is 354 g/mol. The summed E-state index contributed by atoms with van der Waals surface area (Å²) in [4.78, 5) is 9.33. The molecule has 0 aliphatic carbocycles. The summed E-state index contributed by atoms with van der Waals surface area (Å²) in [6.45, 7) is 6.08. The van der Waals surface area contributed by atoms with E-state index in [1.807, 2.05) is 42.6 Å². The van der Waals surface area contributed by atoms with Gasteiger partial charge in [-0.15, -0.1) is 0 Å².